The van der Waals surface area contributed by atoms with E-state index in [9.17, 15) is 70.2 Å². The minimum absolute atomic E-state index is 3.71. The van der Waals surface area contributed by atoms with Gasteiger partial charge >= 0.3 is 35.8 Å². The minimum atomic E-state index is -7.41. The maximum absolute atomic E-state index is 13.8. The summed E-state index contributed by atoms with van der Waals surface area (Å²) in [7, 11) is 0. The zero-order valence-corrected chi connectivity index (χ0v) is 12.0. The minimum Gasteiger partial charge on any atom is -0.203 e. The molecular weight excluding hydrogens is 448 g/mol. The molecule has 160 valence electrons. The van der Waals surface area contributed by atoms with Crippen LogP contribution in [0.2, 0.25) is 0 Å². The molecule has 28 heavy (non-hydrogen) atoms. The molecule has 0 unspecified atom stereocenters. The van der Waals surface area contributed by atoms with Crippen molar-refractivity contribution in [2.75, 3.05) is 0 Å². The highest BCUT2D eigenvalue weighted by Gasteiger charge is 2.87. The van der Waals surface area contributed by atoms with Crippen LogP contribution in [-0.2, 0) is 17.8 Å². The van der Waals surface area contributed by atoms with E-state index in [0.717, 1.165) is 0 Å². The Balaban J connectivity index is 3.25. The van der Waals surface area contributed by atoms with E-state index in [1.165, 1.54) is 0 Å². The van der Waals surface area contributed by atoms with Gasteiger partial charge in [-0.3, -0.25) is 0 Å². The summed E-state index contributed by atoms with van der Waals surface area (Å²) >= 11 is 0. The number of fused-ring (bicyclic) bond motifs is 1. The molecule has 0 amide bonds. The molecule has 0 saturated heterocycles. The molecular formula is C12F16. The summed E-state index contributed by atoms with van der Waals surface area (Å²) in [6.07, 6.45) is -7.19. The van der Waals surface area contributed by atoms with Gasteiger partial charge in [0.05, 0.1) is 16.7 Å². The molecule has 1 aliphatic rings. The van der Waals surface area contributed by atoms with E-state index in [1.54, 1.807) is 0 Å². The summed E-state index contributed by atoms with van der Waals surface area (Å²) in [5.41, 5.74) is -12.3. The summed E-state index contributed by atoms with van der Waals surface area (Å²) in [4.78, 5) is 0. The maximum Gasteiger partial charge on any atom is 0.458 e. The molecule has 0 bridgehead atoms. The van der Waals surface area contributed by atoms with Crippen molar-refractivity contribution in [3.63, 3.8) is 0 Å². The standard InChI is InChI=1S/C12F16/c13-4-2-1(3(5(14)6(4)15)9(20,21)12(26,27)28)7(16,17)10(22,23)11(24,25)8(2,18)19. The van der Waals surface area contributed by atoms with E-state index in [-0.39, 0.29) is 0 Å². The Morgan fingerprint density at radius 2 is 0.857 bits per heavy atom. The summed E-state index contributed by atoms with van der Waals surface area (Å²) in [5, 5.41) is 0. The Kier molecular flexibility index (Phi) is 4.29. The van der Waals surface area contributed by atoms with Gasteiger partial charge in [0, 0.05) is 0 Å². The van der Waals surface area contributed by atoms with Crippen molar-refractivity contribution in [1.82, 2.24) is 0 Å². The molecule has 0 spiro atoms. The van der Waals surface area contributed by atoms with Crippen molar-refractivity contribution in [3.8, 4) is 0 Å². The fourth-order valence-corrected chi connectivity index (χ4v) is 2.41. The highest BCUT2D eigenvalue weighted by Crippen LogP contribution is 2.67. The monoisotopic (exact) mass is 448 g/mol. The molecule has 0 nitrogen and oxygen atoms in total. The second kappa shape index (κ2) is 5.37. The van der Waals surface area contributed by atoms with Crippen LogP contribution in [0.4, 0.5) is 70.2 Å². The van der Waals surface area contributed by atoms with Gasteiger partial charge in [-0.15, -0.1) is 0 Å². The van der Waals surface area contributed by atoms with Crippen molar-refractivity contribution in [1.29, 1.82) is 0 Å². The van der Waals surface area contributed by atoms with Gasteiger partial charge in [0.1, 0.15) is 0 Å². The third-order valence-corrected chi connectivity index (χ3v) is 3.81. The first-order valence-electron chi connectivity index (χ1n) is 6.27. The first-order valence-corrected chi connectivity index (χ1v) is 6.27. The van der Waals surface area contributed by atoms with E-state index in [4.69, 9.17) is 0 Å². The number of halogens is 16. The summed E-state index contributed by atoms with van der Waals surface area (Å²) in [5.74, 6) is -47.2. The molecule has 0 aromatic heterocycles. The fourth-order valence-electron chi connectivity index (χ4n) is 2.41. The third-order valence-electron chi connectivity index (χ3n) is 3.81. The van der Waals surface area contributed by atoms with Crippen LogP contribution in [0.15, 0.2) is 0 Å². The second-order valence-corrected chi connectivity index (χ2v) is 5.44. The maximum atomic E-state index is 13.8. The SMILES string of the molecule is Fc1c(F)c(C(F)(F)C(F)(F)F)c2c(c1F)C(F)(F)C(F)(F)C(F)(F)C2(F)F. The molecule has 2 rings (SSSR count). The van der Waals surface area contributed by atoms with Gasteiger partial charge in [0.25, 0.3) is 0 Å². The average molecular weight is 448 g/mol. The van der Waals surface area contributed by atoms with E-state index in [1.807, 2.05) is 0 Å². The van der Waals surface area contributed by atoms with E-state index >= 15 is 0 Å². The number of alkyl halides is 13. The molecule has 0 heterocycles. The smallest absolute Gasteiger partial charge is 0.203 e. The van der Waals surface area contributed by atoms with Crippen molar-refractivity contribution in [3.05, 3.63) is 34.1 Å². The first-order chi connectivity index (χ1) is 12.1. The molecule has 1 aromatic carbocycles. The summed E-state index contributed by atoms with van der Waals surface area (Å²) in [6.45, 7) is 0. The Labute approximate surface area is 141 Å². The van der Waals surface area contributed by atoms with E-state index < -0.39 is 69.9 Å². The molecule has 0 saturated carbocycles. The fraction of sp³-hybridized carbons (Fsp3) is 0.500. The van der Waals surface area contributed by atoms with Crippen molar-refractivity contribution >= 4 is 0 Å². The van der Waals surface area contributed by atoms with E-state index in [0.29, 0.717) is 0 Å². The van der Waals surface area contributed by atoms with Crippen molar-refractivity contribution < 1.29 is 70.2 Å². The van der Waals surface area contributed by atoms with E-state index in [2.05, 4.69) is 0 Å². The van der Waals surface area contributed by atoms with Crippen LogP contribution >= 0.6 is 0 Å². The number of benzene rings is 1. The van der Waals surface area contributed by atoms with Gasteiger partial charge in [-0.25, -0.2) is 13.2 Å². The lowest BCUT2D eigenvalue weighted by Crippen LogP contribution is -2.65. The van der Waals surface area contributed by atoms with Gasteiger partial charge in [0.15, 0.2) is 17.5 Å². The lowest BCUT2D eigenvalue weighted by molar-refractivity contribution is -0.388. The lowest BCUT2D eigenvalue weighted by atomic mass is 9.76. The quantitative estimate of drug-likeness (QED) is 0.353. The highest BCUT2D eigenvalue weighted by molar-refractivity contribution is 5.51. The normalized spacial score (nSPS) is 22.7. The Hall–Kier alpha value is -1.90. The van der Waals surface area contributed by atoms with Crippen LogP contribution in [0.3, 0.4) is 0 Å². The van der Waals surface area contributed by atoms with Gasteiger partial charge in [-0.2, -0.15) is 57.1 Å². The second-order valence-electron chi connectivity index (χ2n) is 5.44. The van der Waals surface area contributed by atoms with Gasteiger partial charge in [-0.1, -0.05) is 0 Å². The topological polar surface area (TPSA) is 0 Å². The Morgan fingerprint density at radius 3 is 1.21 bits per heavy atom. The molecule has 0 aliphatic heterocycles. The number of hydrogen-bond acceptors (Lipinski definition) is 0. The van der Waals surface area contributed by atoms with Gasteiger partial charge < -0.3 is 0 Å². The zero-order chi connectivity index (χ0) is 22.5. The van der Waals surface area contributed by atoms with Crippen LogP contribution in [-0.4, -0.2) is 18.0 Å². The van der Waals surface area contributed by atoms with Crippen molar-refractivity contribution in [2.24, 2.45) is 0 Å². The van der Waals surface area contributed by atoms with Crippen LogP contribution in [0, 0.1) is 17.5 Å². The Morgan fingerprint density at radius 1 is 0.500 bits per heavy atom. The molecule has 1 aromatic rings. The molecule has 0 atom stereocenters. The summed E-state index contributed by atoms with van der Waals surface area (Å²) < 4.78 is 212. The van der Waals surface area contributed by atoms with Crippen LogP contribution in [0.1, 0.15) is 16.7 Å². The molecule has 16 heteroatoms. The molecule has 0 fully saturated rings. The first kappa shape index (κ1) is 22.4. The predicted octanol–water partition coefficient (Wildman–Crippen LogP) is 6.23. The van der Waals surface area contributed by atoms with Gasteiger partial charge in [0.2, 0.25) is 0 Å². The largest absolute Gasteiger partial charge is 0.458 e. The third kappa shape index (κ3) is 2.22. The number of hydrogen-bond donors (Lipinski definition) is 0. The zero-order valence-electron chi connectivity index (χ0n) is 12.0. The van der Waals surface area contributed by atoms with Crippen LogP contribution in [0.5, 0.6) is 0 Å². The highest BCUT2D eigenvalue weighted by atomic mass is 19.4. The lowest BCUT2D eigenvalue weighted by Gasteiger charge is -2.44. The predicted molar refractivity (Wildman–Crippen MR) is 53.9 cm³/mol. The average Bonchev–Trinajstić information content (AvgIpc) is 2.48. The molecule has 0 N–H and O–H groups in total. The molecule has 0 radical (unpaired) electrons. The molecule has 1 aliphatic carbocycles. The van der Waals surface area contributed by atoms with Crippen LogP contribution in [0.25, 0.3) is 0 Å². The van der Waals surface area contributed by atoms with Gasteiger partial charge in [-0.05, 0) is 0 Å². The van der Waals surface area contributed by atoms with Crippen molar-refractivity contribution in [2.45, 2.75) is 35.8 Å². The Bertz CT molecular complexity index is 829. The number of rotatable bonds is 1. The van der Waals surface area contributed by atoms with Crippen LogP contribution < -0.4 is 0 Å². The summed E-state index contributed by atoms with van der Waals surface area (Å²) in [6, 6.07) is 0.